The van der Waals surface area contributed by atoms with Crippen molar-refractivity contribution in [3.63, 3.8) is 0 Å². The lowest BCUT2D eigenvalue weighted by Crippen LogP contribution is -2.30. The van der Waals surface area contributed by atoms with E-state index in [4.69, 9.17) is 14.2 Å². The summed E-state index contributed by atoms with van der Waals surface area (Å²) in [5.74, 6) is -0.988. The van der Waals surface area contributed by atoms with Crippen LogP contribution in [0.2, 0.25) is 0 Å². The Labute approximate surface area is 494 Å². The maximum atomic E-state index is 12.9. The molecule has 0 fully saturated rings. The molecule has 0 heterocycles. The number of esters is 3. The van der Waals surface area contributed by atoms with Gasteiger partial charge in [0, 0.05) is 19.3 Å². The predicted octanol–water partition coefficient (Wildman–Crippen LogP) is 22.9. The van der Waals surface area contributed by atoms with E-state index in [1.807, 2.05) is 6.08 Å². The van der Waals surface area contributed by atoms with Crippen LogP contribution in [0, 0.1) is 0 Å². The summed E-state index contributed by atoms with van der Waals surface area (Å²) in [6.07, 6.45) is 94.8. The minimum absolute atomic E-state index is 0.108. The molecule has 454 valence electrons. The first kappa shape index (κ1) is 75.5. The second-order valence-electron chi connectivity index (χ2n) is 21.6. The van der Waals surface area contributed by atoms with E-state index in [1.165, 1.54) is 141 Å². The van der Waals surface area contributed by atoms with Gasteiger partial charge in [-0.3, -0.25) is 14.4 Å². The van der Waals surface area contributed by atoms with Gasteiger partial charge in [0.15, 0.2) is 6.10 Å². The molecule has 0 aromatic carbocycles. The van der Waals surface area contributed by atoms with Crippen molar-refractivity contribution >= 4 is 17.9 Å². The van der Waals surface area contributed by atoms with Gasteiger partial charge in [-0.05, 0) is 103 Å². The van der Waals surface area contributed by atoms with Crippen LogP contribution in [-0.4, -0.2) is 37.2 Å². The Bertz CT molecular complexity index is 1700. The molecular weight excluding hydrogens is 985 g/mol. The van der Waals surface area contributed by atoms with Gasteiger partial charge in [-0.25, -0.2) is 0 Å². The summed E-state index contributed by atoms with van der Waals surface area (Å²) in [7, 11) is 0. The third kappa shape index (κ3) is 64.4. The minimum Gasteiger partial charge on any atom is -0.462 e. The molecule has 0 aromatic rings. The normalized spacial score (nSPS) is 13.0. The summed E-state index contributed by atoms with van der Waals surface area (Å²) in [5.41, 5.74) is 0. The smallest absolute Gasteiger partial charge is 0.306 e. The molecule has 0 saturated carbocycles. The van der Waals surface area contributed by atoms with Crippen LogP contribution in [0.5, 0.6) is 0 Å². The summed E-state index contributed by atoms with van der Waals surface area (Å²) >= 11 is 0. The van der Waals surface area contributed by atoms with Crippen LogP contribution in [0.4, 0.5) is 0 Å². The number of allylic oxidation sites excluding steroid dienone is 22. The van der Waals surface area contributed by atoms with Crippen molar-refractivity contribution in [2.24, 2.45) is 0 Å². The molecule has 0 radical (unpaired) electrons. The second kappa shape index (κ2) is 67.1. The van der Waals surface area contributed by atoms with Crippen LogP contribution in [0.1, 0.15) is 297 Å². The van der Waals surface area contributed by atoms with E-state index in [2.05, 4.69) is 148 Å². The van der Waals surface area contributed by atoms with Crippen molar-refractivity contribution in [1.82, 2.24) is 0 Å². The number of hydrogen-bond donors (Lipinski definition) is 0. The van der Waals surface area contributed by atoms with Gasteiger partial charge in [0.25, 0.3) is 0 Å². The number of unbranched alkanes of at least 4 members (excludes halogenated alkanes) is 26. The summed E-state index contributed by atoms with van der Waals surface area (Å²) in [6.45, 7) is 6.37. The fourth-order valence-electron chi connectivity index (χ4n) is 9.03. The molecule has 0 saturated heterocycles. The van der Waals surface area contributed by atoms with Gasteiger partial charge >= 0.3 is 17.9 Å². The first-order chi connectivity index (χ1) is 39.5. The highest BCUT2D eigenvalue weighted by molar-refractivity contribution is 5.71. The van der Waals surface area contributed by atoms with Crippen molar-refractivity contribution in [2.75, 3.05) is 13.2 Å². The van der Waals surface area contributed by atoms with Crippen LogP contribution in [0.3, 0.4) is 0 Å². The van der Waals surface area contributed by atoms with Crippen molar-refractivity contribution in [3.05, 3.63) is 134 Å². The molecule has 6 nitrogen and oxygen atoms in total. The average molecular weight is 1110 g/mol. The van der Waals surface area contributed by atoms with Crippen LogP contribution in [-0.2, 0) is 28.6 Å². The quantitative estimate of drug-likeness (QED) is 0.0261. The van der Waals surface area contributed by atoms with Gasteiger partial charge in [0.05, 0.1) is 0 Å². The molecule has 0 aromatic heterocycles. The lowest BCUT2D eigenvalue weighted by atomic mass is 10.0. The molecular formula is C74H122O6. The molecule has 1 atom stereocenters. The van der Waals surface area contributed by atoms with Gasteiger partial charge in [-0.2, -0.15) is 0 Å². The molecule has 0 spiro atoms. The SMILES string of the molecule is CC/C=C\C/C=C\C/C=C\C/C=C\C/C=C\C/C=C\CCC(=O)OC(COC(=O)CCCCCCCCCCCCCCCC)COC(=O)CCCCCCCCCCCCCCC/C=C\C/C=C\C/C=C\C/C=C\C/C=C\CC. The van der Waals surface area contributed by atoms with E-state index < -0.39 is 12.1 Å². The zero-order valence-corrected chi connectivity index (χ0v) is 52.0. The van der Waals surface area contributed by atoms with Gasteiger partial charge in [0.1, 0.15) is 13.2 Å². The van der Waals surface area contributed by atoms with Gasteiger partial charge < -0.3 is 14.2 Å². The molecule has 0 N–H and O–H groups in total. The summed E-state index contributed by atoms with van der Waals surface area (Å²) in [6, 6.07) is 0. The minimum atomic E-state index is -0.822. The van der Waals surface area contributed by atoms with Gasteiger partial charge in [0.2, 0.25) is 0 Å². The maximum absolute atomic E-state index is 12.9. The number of carbonyl (C=O) groups is 3. The maximum Gasteiger partial charge on any atom is 0.306 e. The second-order valence-corrected chi connectivity index (χ2v) is 21.6. The van der Waals surface area contributed by atoms with Crippen molar-refractivity contribution in [3.8, 4) is 0 Å². The third-order valence-electron chi connectivity index (χ3n) is 13.9. The highest BCUT2D eigenvalue weighted by atomic mass is 16.6. The monoisotopic (exact) mass is 1110 g/mol. The number of rotatable bonds is 59. The van der Waals surface area contributed by atoms with Crippen LogP contribution in [0.15, 0.2) is 134 Å². The molecule has 0 bridgehead atoms. The molecule has 80 heavy (non-hydrogen) atoms. The standard InChI is InChI=1S/C74H122O6/c1-4-7-10-13-16-19-22-25-28-30-32-33-34-35-36-37-38-39-40-41-43-44-46-49-52-55-58-61-64-67-73(76)79-70-71(69-78-72(75)66-63-60-57-54-51-48-27-24-21-18-15-12-9-6-3)80-74(77)68-65-62-59-56-53-50-47-45-42-31-29-26-23-20-17-14-11-8-5-2/h7-8,10-11,16-17,19-20,25-26,28-29,32-33,35-36,42,45,50,53,59,62,71H,4-6,9,12-15,18,21-24,27,30-31,34,37-41,43-44,46-49,51-52,54-58,60-61,63-70H2,1-3H3/b10-7-,11-8-,19-16-,20-17-,28-25-,29-26-,33-32-,36-35-,45-42-,53-50-,62-59-. The van der Waals surface area contributed by atoms with Crippen molar-refractivity contribution in [1.29, 1.82) is 0 Å². The van der Waals surface area contributed by atoms with E-state index >= 15 is 0 Å². The first-order valence-electron chi connectivity index (χ1n) is 33.2. The Hall–Kier alpha value is -4.45. The molecule has 6 heteroatoms. The molecule has 0 aliphatic heterocycles. The number of ether oxygens (including phenoxy) is 3. The lowest BCUT2D eigenvalue weighted by Gasteiger charge is -2.18. The molecule has 1 unspecified atom stereocenters. The fraction of sp³-hybridized carbons (Fsp3) is 0.662. The topological polar surface area (TPSA) is 78.9 Å². The van der Waals surface area contributed by atoms with E-state index in [0.29, 0.717) is 19.3 Å². The summed E-state index contributed by atoms with van der Waals surface area (Å²) in [5, 5.41) is 0. The Morgan fingerprint density at radius 1 is 0.263 bits per heavy atom. The van der Waals surface area contributed by atoms with Gasteiger partial charge in [-0.15, -0.1) is 0 Å². The highest BCUT2D eigenvalue weighted by Gasteiger charge is 2.19. The highest BCUT2D eigenvalue weighted by Crippen LogP contribution is 2.16. The average Bonchev–Trinajstić information content (AvgIpc) is 3.46. The first-order valence-corrected chi connectivity index (χ1v) is 33.2. The zero-order valence-electron chi connectivity index (χ0n) is 52.0. The molecule has 0 aliphatic carbocycles. The fourth-order valence-corrected chi connectivity index (χ4v) is 9.03. The van der Waals surface area contributed by atoms with E-state index in [0.717, 1.165) is 109 Å². The number of hydrogen-bond acceptors (Lipinski definition) is 6. The Balaban J connectivity index is 4.37. The molecule has 0 aliphatic rings. The lowest BCUT2D eigenvalue weighted by molar-refractivity contribution is -0.166. The summed E-state index contributed by atoms with van der Waals surface area (Å²) < 4.78 is 16.9. The third-order valence-corrected chi connectivity index (χ3v) is 13.9. The van der Waals surface area contributed by atoms with E-state index in [-0.39, 0.29) is 31.6 Å². The van der Waals surface area contributed by atoms with Crippen molar-refractivity contribution < 1.29 is 28.6 Å². The van der Waals surface area contributed by atoms with Crippen LogP contribution in [0.25, 0.3) is 0 Å². The van der Waals surface area contributed by atoms with Gasteiger partial charge in [-0.1, -0.05) is 309 Å². The van der Waals surface area contributed by atoms with Crippen LogP contribution < -0.4 is 0 Å². The summed E-state index contributed by atoms with van der Waals surface area (Å²) in [4.78, 5) is 38.3. The van der Waals surface area contributed by atoms with Crippen LogP contribution >= 0.6 is 0 Å². The Kier molecular flexibility index (Phi) is 63.3. The molecule has 0 amide bonds. The van der Waals surface area contributed by atoms with Crippen molar-refractivity contribution in [2.45, 2.75) is 303 Å². The van der Waals surface area contributed by atoms with E-state index in [1.54, 1.807) is 0 Å². The largest absolute Gasteiger partial charge is 0.462 e. The Morgan fingerprint density at radius 2 is 0.512 bits per heavy atom. The predicted molar refractivity (Wildman–Crippen MR) is 348 cm³/mol. The van der Waals surface area contributed by atoms with E-state index in [9.17, 15) is 14.4 Å². The Morgan fingerprint density at radius 3 is 0.812 bits per heavy atom. The zero-order chi connectivity index (χ0) is 57.8. The number of carbonyl (C=O) groups excluding carboxylic acids is 3. The molecule has 0 rings (SSSR count).